The maximum Gasteiger partial charge on any atom is 0.153 e. The minimum atomic E-state index is 0.162. The zero-order chi connectivity index (χ0) is 15.2. The highest BCUT2D eigenvalue weighted by Crippen LogP contribution is 2.45. The first-order chi connectivity index (χ1) is 11.4. The van der Waals surface area contributed by atoms with Gasteiger partial charge in [0, 0.05) is 11.9 Å². The number of hydrazone groups is 1. The summed E-state index contributed by atoms with van der Waals surface area (Å²) in [4.78, 5) is 4.59. The summed E-state index contributed by atoms with van der Waals surface area (Å²) in [5.41, 5.74) is 3.57. The number of hydrogen-bond donors (Lipinski definition) is 0. The van der Waals surface area contributed by atoms with Gasteiger partial charge in [-0.3, -0.25) is 0 Å². The van der Waals surface area contributed by atoms with E-state index in [1.807, 2.05) is 6.08 Å². The maximum absolute atomic E-state index is 4.88. The van der Waals surface area contributed by atoms with Crippen LogP contribution in [0.2, 0.25) is 0 Å². The molecule has 112 valence electrons. The van der Waals surface area contributed by atoms with Crippen LogP contribution in [0.25, 0.3) is 0 Å². The Kier molecular flexibility index (Phi) is 2.58. The lowest BCUT2D eigenvalue weighted by molar-refractivity contribution is 0.445. The molecule has 3 aliphatic heterocycles. The average molecular weight is 300 g/mol. The van der Waals surface area contributed by atoms with Gasteiger partial charge in [-0.25, -0.2) is 5.01 Å². The second kappa shape index (κ2) is 4.74. The number of amidine groups is 1. The van der Waals surface area contributed by atoms with Gasteiger partial charge in [0.1, 0.15) is 6.17 Å². The molecule has 3 aliphatic rings. The summed E-state index contributed by atoms with van der Waals surface area (Å²) in [6, 6.07) is 19.0. The Bertz CT molecular complexity index is 837. The van der Waals surface area contributed by atoms with Crippen LogP contribution in [-0.2, 0) is 0 Å². The summed E-state index contributed by atoms with van der Waals surface area (Å²) in [5, 5.41) is 7.03. The highest BCUT2D eigenvalue weighted by molar-refractivity contribution is 5.98. The lowest BCUT2D eigenvalue weighted by atomic mass is 10.2. The summed E-state index contributed by atoms with van der Waals surface area (Å²) < 4.78 is 0. The first-order valence-electron chi connectivity index (χ1n) is 7.84. The number of anilines is 3. The van der Waals surface area contributed by atoms with E-state index >= 15 is 0 Å². The Morgan fingerprint density at radius 3 is 2.52 bits per heavy atom. The SMILES string of the molecule is C1=CC2=NN3c4ccccc4N(c4ccccc4)C3CN2C=C1. The van der Waals surface area contributed by atoms with Crippen molar-refractivity contribution in [3.05, 3.63) is 79.0 Å². The maximum atomic E-state index is 4.88. The number of fused-ring (bicyclic) bond motifs is 4. The molecule has 0 bridgehead atoms. The van der Waals surface area contributed by atoms with Crippen molar-refractivity contribution in [2.45, 2.75) is 6.17 Å². The minimum absolute atomic E-state index is 0.162. The van der Waals surface area contributed by atoms with Gasteiger partial charge in [-0.1, -0.05) is 36.4 Å². The molecular weight excluding hydrogens is 284 g/mol. The molecule has 23 heavy (non-hydrogen) atoms. The van der Waals surface area contributed by atoms with Gasteiger partial charge in [-0.15, -0.1) is 0 Å². The van der Waals surface area contributed by atoms with Gasteiger partial charge in [-0.2, -0.15) is 5.10 Å². The minimum Gasteiger partial charge on any atom is -0.328 e. The van der Waals surface area contributed by atoms with Crippen molar-refractivity contribution in [3.8, 4) is 0 Å². The third kappa shape index (κ3) is 1.81. The standard InChI is InChI=1S/C19H16N4/c1-2-8-15(9-3-1)22-16-10-4-5-11-17(16)23-19(22)14-21-13-7-6-12-18(21)20-23/h1-13,19H,14H2. The molecule has 0 fully saturated rings. The molecule has 0 radical (unpaired) electrons. The van der Waals surface area contributed by atoms with Gasteiger partial charge in [0.25, 0.3) is 0 Å². The topological polar surface area (TPSA) is 22.1 Å². The van der Waals surface area contributed by atoms with Crippen molar-refractivity contribution >= 4 is 22.9 Å². The number of allylic oxidation sites excluding steroid dienone is 2. The van der Waals surface area contributed by atoms with Gasteiger partial charge >= 0.3 is 0 Å². The Balaban J connectivity index is 1.67. The van der Waals surface area contributed by atoms with E-state index in [1.165, 1.54) is 11.4 Å². The van der Waals surface area contributed by atoms with E-state index in [0.29, 0.717) is 0 Å². The number of benzene rings is 2. The van der Waals surface area contributed by atoms with Crippen LogP contribution in [0.15, 0.2) is 84.1 Å². The van der Waals surface area contributed by atoms with Crippen molar-refractivity contribution in [2.75, 3.05) is 16.5 Å². The van der Waals surface area contributed by atoms with Crippen molar-refractivity contribution in [3.63, 3.8) is 0 Å². The number of rotatable bonds is 1. The van der Waals surface area contributed by atoms with Crippen molar-refractivity contribution < 1.29 is 0 Å². The van der Waals surface area contributed by atoms with Crippen molar-refractivity contribution in [1.82, 2.24) is 4.90 Å². The molecule has 4 heteroatoms. The van der Waals surface area contributed by atoms with E-state index in [2.05, 4.69) is 87.8 Å². The molecule has 2 aromatic carbocycles. The van der Waals surface area contributed by atoms with E-state index in [-0.39, 0.29) is 6.17 Å². The quantitative estimate of drug-likeness (QED) is 0.802. The molecule has 5 rings (SSSR count). The van der Waals surface area contributed by atoms with E-state index in [1.54, 1.807) is 0 Å². The fourth-order valence-corrected chi connectivity index (χ4v) is 3.47. The van der Waals surface area contributed by atoms with E-state index in [0.717, 1.165) is 18.1 Å². The van der Waals surface area contributed by atoms with Gasteiger partial charge in [0.2, 0.25) is 0 Å². The van der Waals surface area contributed by atoms with Crippen molar-refractivity contribution in [1.29, 1.82) is 0 Å². The average Bonchev–Trinajstić information content (AvgIpc) is 2.94. The van der Waals surface area contributed by atoms with Crippen LogP contribution in [0.3, 0.4) is 0 Å². The molecule has 0 N–H and O–H groups in total. The lowest BCUT2D eigenvalue weighted by Gasteiger charge is -2.39. The lowest BCUT2D eigenvalue weighted by Crippen LogP contribution is -2.52. The normalized spacial score (nSPS) is 21.0. The molecule has 3 heterocycles. The van der Waals surface area contributed by atoms with E-state index in [9.17, 15) is 0 Å². The molecule has 0 spiro atoms. The number of para-hydroxylation sites is 3. The first kappa shape index (κ1) is 12.5. The van der Waals surface area contributed by atoms with Crippen LogP contribution in [0.1, 0.15) is 0 Å². The monoisotopic (exact) mass is 300 g/mol. The van der Waals surface area contributed by atoms with Gasteiger partial charge in [0.05, 0.1) is 17.9 Å². The zero-order valence-electron chi connectivity index (χ0n) is 12.6. The zero-order valence-corrected chi connectivity index (χ0v) is 12.6. The van der Waals surface area contributed by atoms with E-state index in [4.69, 9.17) is 5.10 Å². The molecule has 0 saturated heterocycles. The Labute approximate surface area is 135 Å². The third-order valence-corrected chi connectivity index (χ3v) is 4.49. The summed E-state index contributed by atoms with van der Waals surface area (Å²) in [5.74, 6) is 0.994. The van der Waals surface area contributed by atoms with Crippen LogP contribution in [0.4, 0.5) is 17.1 Å². The van der Waals surface area contributed by atoms with E-state index < -0.39 is 0 Å². The summed E-state index contributed by atoms with van der Waals surface area (Å²) in [7, 11) is 0. The third-order valence-electron chi connectivity index (χ3n) is 4.49. The van der Waals surface area contributed by atoms with Gasteiger partial charge in [-0.05, 0) is 36.4 Å². The molecule has 0 saturated carbocycles. The molecule has 0 amide bonds. The highest BCUT2D eigenvalue weighted by Gasteiger charge is 2.40. The highest BCUT2D eigenvalue weighted by atomic mass is 15.6. The predicted octanol–water partition coefficient (Wildman–Crippen LogP) is 3.68. The fraction of sp³-hybridized carbons (Fsp3) is 0.105. The van der Waals surface area contributed by atoms with Crippen LogP contribution >= 0.6 is 0 Å². The fourth-order valence-electron chi connectivity index (χ4n) is 3.47. The summed E-state index contributed by atoms with van der Waals surface area (Å²) in [6.45, 7) is 0.878. The van der Waals surface area contributed by atoms with Crippen LogP contribution in [-0.4, -0.2) is 23.4 Å². The largest absolute Gasteiger partial charge is 0.328 e. The van der Waals surface area contributed by atoms with Crippen LogP contribution < -0.4 is 9.91 Å². The molecule has 2 aromatic rings. The first-order valence-corrected chi connectivity index (χ1v) is 7.84. The summed E-state index contributed by atoms with van der Waals surface area (Å²) in [6.07, 6.45) is 8.41. The molecule has 1 atom stereocenters. The number of hydrogen-bond acceptors (Lipinski definition) is 4. The molecule has 0 aromatic heterocycles. The second-order valence-corrected chi connectivity index (χ2v) is 5.83. The molecular formula is C19H16N4. The molecule has 1 unspecified atom stereocenters. The van der Waals surface area contributed by atoms with Gasteiger partial charge in [0.15, 0.2) is 5.84 Å². The number of nitrogens with zero attached hydrogens (tertiary/aromatic N) is 4. The molecule has 4 nitrogen and oxygen atoms in total. The van der Waals surface area contributed by atoms with Crippen molar-refractivity contribution in [2.24, 2.45) is 5.10 Å². The Hall–Kier alpha value is -3.01. The second-order valence-electron chi connectivity index (χ2n) is 5.83. The van der Waals surface area contributed by atoms with Gasteiger partial charge < -0.3 is 9.80 Å². The smallest absolute Gasteiger partial charge is 0.153 e. The predicted molar refractivity (Wildman–Crippen MR) is 93.7 cm³/mol. The Morgan fingerprint density at radius 1 is 0.870 bits per heavy atom. The van der Waals surface area contributed by atoms with Crippen LogP contribution in [0.5, 0.6) is 0 Å². The van der Waals surface area contributed by atoms with Crippen LogP contribution in [0, 0.1) is 0 Å². The molecule has 0 aliphatic carbocycles. The summed E-state index contributed by atoms with van der Waals surface area (Å²) >= 11 is 0. The Morgan fingerprint density at radius 2 is 1.65 bits per heavy atom.